The Morgan fingerprint density at radius 2 is 1.52 bits per heavy atom. The summed E-state index contributed by atoms with van der Waals surface area (Å²) in [7, 11) is -3.64. The normalized spacial score (nSPS) is 16.0. The fourth-order valence-corrected chi connectivity index (χ4v) is 7.67. The smallest absolute Gasteiger partial charge is 0.389 e. The van der Waals surface area contributed by atoms with E-state index >= 15 is 0 Å². The summed E-state index contributed by atoms with van der Waals surface area (Å²) < 4.78 is 77.7. The second-order valence-corrected chi connectivity index (χ2v) is 13.6. The molecule has 3 aromatic carbocycles. The lowest BCUT2D eigenvalue weighted by Crippen LogP contribution is -2.32. The number of sulfone groups is 1. The summed E-state index contributed by atoms with van der Waals surface area (Å²) in [5, 5.41) is -0.676. The molecule has 3 aromatic rings. The number of halogens is 3. The highest BCUT2D eigenvalue weighted by atomic mass is 32.2. The van der Waals surface area contributed by atoms with Crippen LogP contribution < -0.4 is 9.47 Å². The van der Waals surface area contributed by atoms with Gasteiger partial charge < -0.3 is 9.47 Å². The van der Waals surface area contributed by atoms with Gasteiger partial charge in [-0.2, -0.15) is 13.2 Å². The van der Waals surface area contributed by atoms with Crippen molar-refractivity contribution in [3.8, 4) is 11.5 Å². The highest BCUT2D eigenvalue weighted by Crippen LogP contribution is 2.43. The molecule has 0 fully saturated rings. The molecule has 42 heavy (non-hydrogen) atoms. The lowest BCUT2D eigenvalue weighted by Gasteiger charge is -2.32. The second-order valence-electron chi connectivity index (χ2n) is 11.3. The van der Waals surface area contributed by atoms with Gasteiger partial charge in [-0.3, -0.25) is 0 Å². The fraction of sp³-hybridized carbons (Fsp3) is 0.471. The molecule has 4 rings (SSSR count). The predicted octanol–water partition coefficient (Wildman–Crippen LogP) is 9.02. The van der Waals surface area contributed by atoms with E-state index in [1.54, 1.807) is 30.3 Å². The Balaban J connectivity index is 1.48. The minimum absolute atomic E-state index is 0.0666. The van der Waals surface area contributed by atoms with E-state index in [4.69, 9.17) is 9.47 Å². The zero-order valence-corrected chi connectivity index (χ0v) is 25.5. The molecule has 0 N–H and O–H groups in total. The Hall–Kier alpha value is -3.00. The van der Waals surface area contributed by atoms with Gasteiger partial charge in [0.15, 0.2) is 9.84 Å². The third kappa shape index (κ3) is 8.09. The van der Waals surface area contributed by atoms with Crippen molar-refractivity contribution in [3.05, 3.63) is 88.5 Å². The van der Waals surface area contributed by atoms with E-state index in [0.29, 0.717) is 45.1 Å². The van der Waals surface area contributed by atoms with Gasteiger partial charge in [-0.05, 0) is 80.8 Å². The van der Waals surface area contributed by atoms with Crippen LogP contribution in [-0.4, -0.2) is 25.9 Å². The fourth-order valence-electron chi connectivity index (χ4n) is 5.81. The van der Waals surface area contributed by atoms with Gasteiger partial charge in [0.1, 0.15) is 24.2 Å². The molecule has 4 nitrogen and oxygen atoms in total. The van der Waals surface area contributed by atoms with Crippen LogP contribution in [0.2, 0.25) is 0 Å². The average Bonchev–Trinajstić information content (AvgIpc) is 2.97. The molecule has 0 saturated carbocycles. The second kappa shape index (κ2) is 14.0. The molecule has 0 amide bonds. The molecule has 2 atom stereocenters. The average molecular weight is 603 g/mol. The van der Waals surface area contributed by atoms with Crippen molar-refractivity contribution in [2.75, 3.05) is 0 Å². The monoisotopic (exact) mass is 602 g/mol. The summed E-state index contributed by atoms with van der Waals surface area (Å²) in [5.74, 6) is 1.68. The maximum Gasteiger partial charge on any atom is 0.389 e. The summed E-state index contributed by atoms with van der Waals surface area (Å²) in [6.07, 6.45) is -1.46. The van der Waals surface area contributed by atoms with Crippen molar-refractivity contribution >= 4 is 9.84 Å². The van der Waals surface area contributed by atoms with Gasteiger partial charge in [-0.25, -0.2) is 8.42 Å². The molecule has 0 bridgehead atoms. The van der Waals surface area contributed by atoms with Gasteiger partial charge in [0, 0.05) is 18.4 Å². The summed E-state index contributed by atoms with van der Waals surface area (Å²) in [6.45, 7) is 6.57. The highest BCUT2D eigenvalue weighted by Gasteiger charge is 2.34. The minimum atomic E-state index is -4.16. The van der Waals surface area contributed by atoms with Crippen LogP contribution in [0.15, 0.2) is 65.6 Å². The minimum Gasteiger partial charge on any atom is -0.490 e. The quantitative estimate of drug-likeness (QED) is 0.183. The summed E-state index contributed by atoms with van der Waals surface area (Å²) in [5.41, 5.74) is 5.25. The number of benzene rings is 3. The molecule has 1 aliphatic heterocycles. The zero-order valence-electron chi connectivity index (χ0n) is 24.7. The van der Waals surface area contributed by atoms with E-state index in [-0.39, 0.29) is 17.4 Å². The number of alkyl halides is 3. The summed E-state index contributed by atoms with van der Waals surface area (Å²) >= 11 is 0. The predicted molar refractivity (Wildman–Crippen MR) is 160 cm³/mol. The number of hydrogen-bond acceptors (Lipinski definition) is 4. The van der Waals surface area contributed by atoms with Crippen molar-refractivity contribution in [1.29, 1.82) is 0 Å². The standard InChI is InChI=1S/C34H41F3O4S/c1-24-25(2)33-31(26(3)32(24)40-23-27-14-8-6-9-15-27)20-19-28(41-33)22-30(18-10-4-5-13-21-34(35,36)37)42(38,39)29-16-11-7-12-17-29/h6-9,11-12,14-17,28,30H,4-5,10,13,18-23H2,1-3H3. The van der Waals surface area contributed by atoms with Gasteiger partial charge in [0.05, 0.1) is 10.1 Å². The molecule has 8 heteroatoms. The Kier molecular flexibility index (Phi) is 10.6. The van der Waals surface area contributed by atoms with E-state index in [2.05, 4.69) is 6.92 Å². The summed E-state index contributed by atoms with van der Waals surface area (Å²) in [4.78, 5) is 0.270. The first kappa shape index (κ1) is 31.9. The van der Waals surface area contributed by atoms with Crippen molar-refractivity contribution in [2.24, 2.45) is 0 Å². The number of fused-ring (bicyclic) bond motifs is 1. The SMILES string of the molecule is Cc1c(C)c2c(c(C)c1OCc1ccccc1)CCC(CC(CCCCCCC(F)(F)F)S(=O)(=O)c1ccccc1)O2. The zero-order chi connectivity index (χ0) is 30.3. The number of hydrogen-bond donors (Lipinski definition) is 0. The Labute approximate surface area is 248 Å². The first-order valence-electron chi connectivity index (χ1n) is 14.8. The molecule has 0 aromatic heterocycles. The van der Waals surface area contributed by atoms with E-state index in [9.17, 15) is 21.6 Å². The highest BCUT2D eigenvalue weighted by molar-refractivity contribution is 7.92. The van der Waals surface area contributed by atoms with Crippen molar-refractivity contribution in [3.63, 3.8) is 0 Å². The Bertz CT molecular complexity index is 1420. The lowest BCUT2D eigenvalue weighted by atomic mass is 9.90. The first-order valence-corrected chi connectivity index (χ1v) is 16.3. The van der Waals surface area contributed by atoms with Gasteiger partial charge >= 0.3 is 6.18 Å². The van der Waals surface area contributed by atoms with Gasteiger partial charge in [0.2, 0.25) is 0 Å². The molecule has 228 valence electrons. The number of unbranched alkanes of at least 4 members (excludes halogenated alkanes) is 3. The van der Waals surface area contributed by atoms with Crippen LogP contribution >= 0.6 is 0 Å². The van der Waals surface area contributed by atoms with Crippen molar-refractivity contribution in [1.82, 2.24) is 0 Å². The maximum absolute atomic E-state index is 13.7. The molecule has 1 heterocycles. The van der Waals surface area contributed by atoms with E-state index in [1.807, 2.05) is 44.2 Å². The van der Waals surface area contributed by atoms with E-state index < -0.39 is 27.7 Å². The van der Waals surface area contributed by atoms with Crippen LogP contribution in [0.4, 0.5) is 13.2 Å². The van der Waals surface area contributed by atoms with Crippen molar-refractivity contribution < 1.29 is 31.1 Å². The van der Waals surface area contributed by atoms with Gasteiger partial charge in [-0.1, -0.05) is 67.8 Å². The van der Waals surface area contributed by atoms with Crippen LogP contribution in [0.5, 0.6) is 11.5 Å². The Morgan fingerprint density at radius 1 is 0.881 bits per heavy atom. The van der Waals surface area contributed by atoms with Crippen LogP contribution in [0.3, 0.4) is 0 Å². The van der Waals surface area contributed by atoms with Crippen LogP contribution in [0, 0.1) is 20.8 Å². The number of rotatable bonds is 13. The molecular formula is C34H41F3O4S. The van der Waals surface area contributed by atoms with Crippen molar-refractivity contribution in [2.45, 2.75) is 108 Å². The maximum atomic E-state index is 13.7. The van der Waals surface area contributed by atoms with E-state index in [0.717, 1.165) is 45.7 Å². The Morgan fingerprint density at radius 3 is 2.19 bits per heavy atom. The lowest BCUT2D eigenvalue weighted by molar-refractivity contribution is -0.135. The van der Waals surface area contributed by atoms with Crippen LogP contribution in [0.25, 0.3) is 0 Å². The van der Waals surface area contributed by atoms with Gasteiger partial charge in [-0.15, -0.1) is 0 Å². The molecule has 0 aliphatic carbocycles. The molecule has 2 unspecified atom stereocenters. The topological polar surface area (TPSA) is 52.6 Å². The summed E-state index contributed by atoms with van der Waals surface area (Å²) in [6, 6.07) is 18.4. The van der Waals surface area contributed by atoms with Crippen LogP contribution in [0.1, 0.15) is 79.2 Å². The third-order valence-electron chi connectivity index (χ3n) is 8.31. The third-order valence-corrected chi connectivity index (χ3v) is 10.5. The molecule has 0 radical (unpaired) electrons. The molecule has 1 aliphatic rings. The van der Waals surface area contributed by atoms with Gasteiger partial charge in [0.25, 0.3) is 0 Å². The van der Waals surface area contributed by atoms with Crippen LogP contribution in [-0.2, 0) is 22.9 Å². The largest absolute Gasteiger partial charge is 0.490 e. The van der Waals surface area contributed by atoms with E-state index in [1.165, 1.54) is 0 Å². The molecule has 0 saturated heterocycles. The number of ether oxygens (including phenoxy) is 2. The first-order chi connectivity index (χ1) is 20.0. The molecular weight excluding hydrogens is 561 g/mol. The molecule has 0 spiro atoms.